The maximum Gasteiger partial charge on any atom is 0.243 e. The molecule has 0 saturated carbocycles. The molecule has 2 heterocycles. The average Bonchev–Trinajstić information content (AvgIpc) is 3.50. The van der Waals surface area contributed by atoms with Crippen molar-refractivity contribution in [1.82, 2.24) is 9.62 Å². The molecule has 0 aliphatic carbocycles. The molecule has 1 aromatic carbocycles. The molecule has 2 aliphatic heterocycles. The van der Waals surface area contributed by atoms with E-state index in [-0.39, 0.29) is 17.3 Å². The first-order chi connectivity index (χ1) is 13.5. The Hall–Kier alpha value is -2.24. The van der Waals surface area contributed by atoms with Gasteiger partial charge in [-0.15, -0.1) is 12.3 Å². The van der Waals surface area contributed by atoms with Crippen LogP contribution in [0.2, 0.25) is 0 Å². The minimum Gasteiger partial charge on any atom is -0.352 e. The summed E-state index contributed by atoms with van der Waals surface area (Å²) < 4.78 is 27.1. The standard InChI is InChI=1S/C20H26N4O3S/c1-2-3-11-20(22-23-20)12-10-19(25)21-16-17-8-7-9-18(15-17)28(26,27)24-13-5-4-6-14-24/h1,7-9,15H,3-6,10-14,16H2,(H,21,25). The van der Waals surface area contributed by atoms with Gasteiger partial charge in [-0.1, -0.05) is 18.6 Å². The zero-order valence-corrected chi connectivity index (χ0v) is 16.7. The largest absolute Gasteiger partial charge is 0.352 e. The Kier molecular flexibility index (Phi) is 6.47. The van der Waals surface area contributed by atoms with Gasteiger partial charge in [0.2, 0.25) is 15.9 Å². The van der Waals surface area contributed by atoms with Crippen LogP contribution in [0.5, 0.6) is 0 Å². The molecular formula is C20H26N4O3S. The van der Waals surface area contributed by atoms with Gasteiger partial charge in [0.05, 0.1) is 4.90 Å². The van der Waals surface area contributed by atoms with Crippen molar-refractivity contribution in [1.29, 1.82) is 0 Å². The molecule has 0 aromatic heterocycles. The Morgan fingerprint density at radius 1 is 1.21 bits per heavy atom. The number of nitrogens with zero attached hydrogens (tertiary/aromatic N) is 3. The van der Waals surface area contributed by atoms with Gasteiger partial charge in [-0.25, -0.2) is 8.42 Å². The molecule has 8 heteroatoms. The highest BCUT2D eigenvalue weighted by Gasteiger charge is 2.39. The van der Waals surface area contributed by atoms with Crippen molar-refractivity contribution in [3.05, 3.63) is 29.8 Å². The lowest BCUT2D eigenvalue weighted by atomic mass is 10.0. The molecule has 7 nitrogen and oxygen atoms in total. The van der Waals surface area contributed by atoms with E-state index in [1.807, 2.05) is 6.07 Å². The molecule has 1 saturated heterocycles. The van der Waals surface area contributed by atoms with Crippen molar-refractivity contribution in [2.75, 3.05) is 13.1 Å². The molecule has 0 spiro atoms. The summed E-state index contributed by atoms with van der Waals surface area (Å²) in [5.41, 5.74) is 0.292. The molecule has 0 unspecified atom stereocenters. The van der Waals surface area contributed by atoms with Crippen LogP contribution in [0.25, 0.3) is 0 Å². The molecule has 0 radical (unpaired) electrons. The van der Waals surface area contributed by atoms with E-state index in [0.29, 0.717) is 38.8 Å². The molecule has 150 valence electrons. The lowest BCUT2D eigenvalue weighted by Crippen LogP contribution is -2.35. The average molecular weight is 403 g/mol. The highest BCUT2D eigenvalue weighted by molar-refractivity contribution is 7.89. The summed E-state index contributed by atoms with van der Waals surface area (Å²) in [6.07, 6.45) is 10.3. The maximum atomic E-state index is 12.8. The highest BCUT2D eigenvalue weighted by atomic mass is 32.2. The minimum absolute atomic E-state index is 0.110. The van der Waals surface area contributed by atoms with Crippen LogP contribution < -0.4 is 5.32 Å². The second-order valence-electron chi connectivity index (χ2n) is 7.28. The normalized spacial score (nSPS) is 18.4. The van der Waals surface area contributed by atoms with Gasteiger partial charge in [-0.05, 0) is 30.5 Å². The summed E-state index contributed by atoms with van der Waals surface area (Å²) in [5, 5.41) is 10.9. The van der Waals surface area contributed by atoms with Gasteiger partial charge in [-0.2, -0.15) is 14.5 Å². The number of hydrogen-bond acceptors (Lipinski definition) is 5. The molecule has 0 bridgehead atoms. The van der Waals surface area contributed by atoms with Crippen molar-refractivity contribution in [2.45, 2.75) is 62.0 Å². The number of carbonyl (C=O) groups is 1. The number of terminal acetylenes is 1. The third-order valence-electron chi connectivity index (χ3n) is 5.15. The van der Waals surface area contributed by atoms with Crippen LogP contribution in [0.3, 0.4) is 0 Å². The summed E-state index contributed by atoms with van der Waals surface area (Å²) in [7, 11) is -3.47. The fraction of sp³-hybridized carbons (Fsp3) is 0.550. The maximum absolute atomic E-state index is 12.8. The zero-order chi connectivity index (χ0) is 20.0. The van der Waals surface area contributed by atoms with Crippen LogP contribution in [0.4, 0.5) is 0 Å². The first-order valence-electron chi connectivity index (χ1n) is 9.69. The van der Waals surface area contributed by atoms with Crippen molar-refractivity contribution >= 4 is 15.9 Å². The topological polar surface area (TPSA) is 91.2 Å². The first kappa shape index (κ1) is 20.5. The fourth-order valence-corrected chi connectivity index (χ4v) is 4.93. The predicted molar refractivity (Wildman–Crippen MR) is 106 cm³/mol. The van der Waals surface area contributed by atoms with Gasteiger partial charge in [0.1, 0.15) is 0 Å². The molecule has 1 amide bonds. The van der Waals surface area contributed by atoms with Gasteiger partial charge in [0, 0.05) is 45.3 Å². The minimum atomic E-state index is -3.47. The van der Waals surface area contributed by atoms with Gasteiger partial charge in [0.25, 0.3) is 0 Å². The highest BCUT2D eigenvalue weighted by Crippen LogP contribution is 2.37. The molecule has 1 N–H and O–H groups in total. The number of nitrogens with one attached hydrogen (secondary N) is 1. The van der Waals surface area contributed by atoms with Crippen molar-refractivity contribution < 1.29 is 13.2 Å². The number of carbonyl (C=O) groups excluding carboxylic acids is 1. The zero-order valence-electron chi connectivity index (χ0n) is 15.9. The van der Waals surface area contributed by atoms with Crippen LogP contribution in [0.1, 0.15) is 50.5 Å². The Balaban J connectivity index is 1.52. The summed E-state index contributed by atoms with van der Waals surface area (Å²) in [5.74, 6) is 2.46. The van der Waals surface area contributed by atoms with Crippen molar-refractivity contribution in [3.63, 3.8) is 0 Å². The Labute approximate surface area is 166 Å². The molecule has 1 aromatic rings. The van der Waals surface area contributed by atoms with E-state index in [0.717, 1.165) is 24.8 Å². The molecule has 3 rings (SSSR count). The van der Waals surface area contributed by atoms with E-state index in [1.165, 1.54) is 0 Å². The second kappa shape index (κ2) is 8.84. The van der Waals surface area contributed by atoms with Crippen LogP contribution in [-0.4, -0.2) is 37.4 Å². The van der Waals surface area contributed by atoms with E-state index in [4.69, 9.17) is 6.42 Å². The molecular weight excluding hydrogens is 376 g/mol. The molecule has 28 heavy (non-hydrogen) atoms. The summed E-state index contributed by atoms with van der Waals surface area (Å²) in [6, 6.07) is 6.79. The number of piperidine rings is 1. The van der Waals surface area contributed by atoms with E-state index in [1.54, 1.807) is 22.5 Å². The summed E-state index contributed by atoms with van der Waals surface area (Å²) >= 11 is 0. The van der Waals surface area contributed by atoms with Crippen LogP contribution >= 0.6 is 0 Å². The quantitative estimate of drug-likeness (QED) is 0.644. The van der Waals surface area contributed by atoms with E-state index in [2.05, 4.69) is 21.5 Å². The number of benzene rings is 1. The lowest BCUT2D eigenvalue weighted by Gasteiger charge is -2.26. The number of rotatable bonds is 9. The predicted octanol–water partition coefficient (Wildman–Crippen LogP) is 2.83. The van der Waals surface area contributed by atoms with E-state index >= 15 is 0 Å². The Morgan fingerprint density at radius 3 is 2.64 bits per heavy atom. The van der Waals surface area contributed by atoms with Crippen molar-refractivity contribution in [3.8, 4) is 12.3 Å². The molecule has 0 atom stereocenters. The van der Waals surface area contributed by atoms with Gasteiger partial charge in [0.15, 0.2) is 5.66 Å². The summed E-state index contributed by atoms with van der Waals surface area (Å²) in [6.45, 7) is 1.43. The SMILES string of the molecule is C#CCCC1(CCC(=O)NCc2cccc(S(=O)(=O)N3CCCCC3)c2)N=N1. The van der Waals surface area contributed by atoms with Crippen molar-refractivity contribution in [2.24, 2.45) is 10.2 Å². The monoisotopic (exact) mass is 402 g/mol. The smallest absolute Gasteiger partial charge is 0.243 e. The van der Waals surface area contributed by atoms with E-state index < -0.39 is 15.7 Å². The molecule has 1 fully saturated rings. The van der Waals surface area contributed by atoms with E-state index in [9.17, 15) is 13.2 Å². The van der Waals surface area contributed by atoms with Crippen LogP contribution in [0, 0.1) is 12.3 Å². The number of hydrogen-bond donors (Lipinski definition) is 1. The third kappa shape index (κ3) is 5.18. The summed E-state index contributed by atoms with van der Waals surface area (Å²) in [4.78, 5) is 12.4. The van der Waals surface area contributed by atoms with Gasteiger partial charge >= 0.3 is 0 Å². The van der Waals surface area contributed by atoms with Crippen LogP contribution in [-0.2, 0) is 21.4 Å². The number of sulfonamides is 1. The Morgan fingerprint density at radius 2 is 1.96 bits per heavy atom. The second-order valence-corrected chi connectivity index (χ2v) is 9.21. The number of amides is 1. The Bertz CT molecular complexity index is 877. The first-order valence-corrected chi connectivity index (χ1v) is 11.1. The van der Waals surface area contributed by atoms with Gasteiger partial charge < -0.3 is 5.32 Å². The third-order valence-corrected chi connectivity index (χ3v) is 7.04. The lowest BCUT2D eigenvalue weighted by molar-refractivity contribution is -0.121. The van der Waals surface area contributed by atoms with Crippen LogP contribution in [0.15, 0.2) is 39.4 Å². The molecule has 2 aliphatic rings. The van der Waals surface area contributed by atoms with Gasteiger partial charge in [-0.3, -0.25) is 4.79 Å². The fourth-order valence-electron chi connectivity index (χ4n) is 3.34.